The van der Waals surface area contributed by atoms with Gasteiger partial charge in [0.25, 0.3) is 0 Å². The molecular formula is C17H24N4O2S. The standard InChI is InChI=1S/C17H24N4O2S/c1-17(2,3)15-19-13-6-5-12(11-14(13)23-15)18-16(24)20-7-9-21(4,22)10-8-20/h5-6,11H,7-10H2,1-4H3,(H,18,24). The van der Waals surface area contributed by atoms with Crippen molar-refractivity contribution in [2.24, 2.45) is 0 Å². The number of anilines is 1. The van der Waals surface area contributed by atoms with Crippen molar-refractivity contribution in [1.82, 2.24) is 9.88 Å². The maximum atomic E-state index is 11.9. The number of nitrogens with zero attached hydrogens (tertiary/aromatic N) is 3. The van der Waals surface area contributed by atoms with Crippen LogP contribution in [0.25, 0.3) is 11.1 Å². The summed E-state index contributed by atoms with van der Waals surface area (Å²) in [6, 6.07) is 5.80. The third kappa shape index (κ3) is 3.68. The van der Waals surface area contributed by atoms with Gasteiger partial charge < -0.3 is 24.5 Å². The highest BCUT2D eigenvalue weighted by atomic mass is 32.1. The molecule has 1 aliphatic heterocycles. The lowest BCUT2D eigenvalue weighted by atomic mass is 9.97. The van der Waals surface area contributed by atoms with Gasteiger partial charge >= 0.3 is 0 Å². The second-order valence-electron chi connectivity index (χ2n) is 7.61. The number of nitrogens with one attached hydrogen (secondary N) is 1. The Balaban J connectivity index is 1.72. The average Bonchev–Trinajstić information content (AvgIpc) is 2.90. The number of thiocarbonyl (C=S) groups is 1. The summed E-state index contributed by atoms with van der Waals surface area (Å²) in [6.45, 7) is 8.67. The summed E-state index contributed by atoms with van der Waals surface area (Å²) in [5.41, 5.74) is 2.33. The molecular weight excluding hydrogens is 324 g/mol. The van der Waals surface area contributed by atoms with Crippen LogP contribution >= 0.6 is 12.2 Å². The second-order valence-corrected chi connectivity index (χ2v) is 8.00. The first-order chi connectivity index (χ1) is 11.1. The summed E-state index contributed by atoms with van der Waals surface area (Å²) in [7, 11) is 1.71. The van der Waals surface area contributed by atoms with E-state index in [-0.39, 0.29) is 10.1 Å². The van der Waals surface area contributed by atoms with Gasteiger partial charge in [-0.1, -0.05) is 20.8 Å². The fraction of sp³-hybridized carbons (Fsp3) is 0.529. The molecule has 24 heavy (non-hydrogen) atoms. The van der Waals surface area contributed by atoms with Gasteiger partial charge in [-0.2, -0.15) is 0 Å². The summed E-state index contributed by atoms with van der Waals surface area (Å²) in [6.07, 6.45) is 0. The van der Waals surface area contributed by atoms with E-state index in [4.69, 9.17) is 16.6 Å². The fourth-order valence-corrected chi connectivity index (χ4v) is 2.92. The quantitative estimate of drug-likeness (QED) is 0.485. The predicted octanol–water partition coefficient (Wildman–Crippen LogP) is 3.08. The average molecular weight is 348 g/mol. The van der Waals surface area contributed by atoms with E-state index in [0.29, 0.717) is 31.3 Å². The normalized spacial score (nSPS) is 18.0. The Bertz CT molecular complexity index is 754. The highest BCUT2D eigenvalue weighted by Crippen LogP contribution is 2.27. The number of benzene rings is 1. The van der Waals surface area contributed by atoms with Crippen LogP contribution in [-0.4, -0.2) is 52.9 Å². The molecule has 7 heteroatoms. The predicted molar refractivity (Wildman–Crippen MR) is 99.8 cm³/mol. The van der Waals surface area contributed by atoms with E-state index >= 15 is 0 Å². The molecule has 3 rings (SSSR count). The summed E-state index contributed by atoms with van der Waals surface area (Å²) in [5.74, 6) is 0.723. The summed E-state index contributed by atoms with van der Waals surface area (Å²) in [4.78, 5) is 6.58. The number of quaternary nitrogens is 1. The molecule has 0 atom stereocenters. The van der Waals surface area contributed by atoms with Gasteiger partial charge in [-0.3, -0.25) is 0 Å². The van der Waals surface area contributed by atoms with Crippen molar-refractivity contribution in [3.63, 3.8) is 0 Å². The number of fused-ring (bicyclic) bond motifs is 1. The molecule has 0 unspecified atom stereocenters. The number of likely N-dealkylation sites (N-methyl/N-ethyl adjacent to an activating group) is 1. The van der Waals surface area contributed by atoms with E-state index in [0.717, 1.165) is 22.7 Å². The van der Waals surface area contributed by atoms with Crippen LogP contribution < -0.4 is 5.32 Å². The van der Waals surface area contributed by atoms with Crippen LogP contribution in [0.2, 0.25) is 0 Å². The lowest BCUT2D eigenvalue weighted by molar-refractivity contribution is -0.864. The van der Waals surface area contributed by atoms with Crippen molar-refractivity contribution in [3.05, 3.63) is 29.3 Å². The van der Waals surface area contributed by atoms with Crippen molar-refractivity contribution in [2.75, 3.05) is 38.5 Å². The van der Waals surface area contributed by atoms with Gasteiger partial charge in [0.05, 0.1) is 33.2 Å². The lowest BCUT2D eigenvalue weighted by Crippen LogP contribution is -2.55. The molecule has 0 bridgehead atoms. The molecule has 1 saturated heterocycles. The van der Waals surface area contributed by atoms with Crippen LogP contribution in [0, 0.1) is 5.21 Å². The molecule has 2 heterocycles. The zero-order chi connectivity index (χ0) is 17.5. The van der Waals surface area contributed by atoms with Crippen LogP contribution in [0.1, 0.15) is 26.7 Å². The number of hydrogen-bond donors (Lipinski definition) is 1. The zero-order valence-corrected chi connectivity index (χ0v) is 15.4. The van der Waals surface area contributed by atoms with Gasteiger partial charge in [0.2, 0.25) is 5.89 Å². The maximum absolute atomic E-state index is 11.9. The Morgan fingerprint density at radius 3 is 2.62 bits per heavy atom. The van der Waals surface area contributed by atoms with E-state index < -0.39 is 0 Å². The Morgan fingerprint density at radius 1 is 1.33 bits per heavy atom. The third-order valence-corrected chi connectivity index (χ3v) is 4.61. The molecule has 2 aromatic rings. The fourth-order valence-electron chi connectivity index (χ4n) is 2.62. The smallest absolute Gasteiger partial charge is 0.200 e. The lowest BCUT2D eigenvalue weighted by Gasteiger charge is -2.45. The SMILES string of the molecule is CC(C)(C)c1nc2ccc(NC(=S)N3CC[N+](C)([O-])CC3)cc2o1. The Kier molecular flexibility index (Phi) is 4.27. The number of hydroxylamine groups is 3. The zero-order valence-electron chi connectivity index (χ0n) is 14.6. The highest BCUT2D eigenvalue weighted by Gasteiger charge is 2.24. The van der Waals surface area contributed by atoms with Crippen molar-refractivity contribution in [3.8, 4) is 0 Å². The van der Waals surface area contributed by atoms with Crippen molar-refractivity contribution in [2.45, 2.75) is 26.2 Å². The van der Waals surface area contributed by atoms with Gasteiger partial charge in [0, 0.05) is 17.2 Å². The molecule has 1 aromatic heterocycles. The molecule has 6 nitrogen and oxygen atoms in total. The highest BCUT2D eigenvalue weighted by molar-refractivity contribution is 7.80. The largest absolute Gasteiger partial charge is 0.633 e. The van der Waals surface area contributed by atoms with Gasteiger partial charge in [0.1, 0.15) is 5.52 Å². The minimum atomic E-state index is -0.196. The van der Waals surface area contributed by atoms with Gasteiger partial charge in [0.15, 0.2) is 10.7 Å². The molecule has 1 fully saturated rings. The summed E-state index contributed by atoms with van der Waals surface area (Å²) >= 11 is 5.48. The number of oxazole rings is 1. The molecule has 1 aliphatic rings. The first kappa shape index (κ1) is 17.1. The summed E-state index contributed by atoms with van der Waals surface area (Å²) < 4.78 is 5.68. The van der Waals surface area contributed by atoms with Crippen LogP contribution in [0.4, 0.5) is 5.69 Å². The minimum Gasteiger partial charge on any atom is -0.633 e. The van der Waals surface area contributed by atoms with E-state index in [2.05, 4.69) is 31.1 Å². The van der Waals surface area contributed by atoms with E-state index in [1.54, 1.807) is 7.05 Å². The first-order valence-electron chi connectivity index (χ1n) is 8.17. The van der Waals surface area contributed by atoms with Crippen LogP contribution in [-0.2, 0) is 5.41 Å². The minimum absolute atomic E-state index is 0.126. The molecule has 1 N–H and O–H groups in total. The first-order valence-corrected chi connectivity index (χ1v) is 8.57. The second kappa shape index (κ2) is 5.98. The molecule has 1 aromatic carbocycles. The van der Waals surface area contributed by atoms with Crippen molar-refractivity contribution >= 4 is 34.1 Å². The van der Waals surface area contributed by atoms with Crippen LogP contribution in [0.15, 0.2) is 22.6 Å². The number of hydrogen-bond acceptors (Lipinski definition) is 4. The Hall–Kier alpha value is -1.70. The third-order valence-electron chi connectivity index (χ3n) is 4.25. The molecule has 0 radical (unpaired) electrons. The van der Waals surface area contributed by atoms with E-state index in [1.807, 2.05) is 23.1 Å². The molecule has 130 valence electrons. The number of rotatable bonds is 1. The summed E-state index contributed by atoms with van der Waals surface area (Å²) in [5, 5.41) is 15.8. The molecule has 0 spiro atoms. The topological polar surface area (TPSA) is 64.4 Å². The van der Waals surface area contributed by atoms with Crippen LogP contribution in [0.5, 0.6) is 0 Å². The molecule has 0 amide bonds. The monoisotopic (exact) mass is 348 g/mol. The van der Waals surface area contributed by atoms with Gasteiger partial charge in [-0.25, -0.2) is 4.98 Å². The Labute approximate surface area is 147 Å². The number of aromatic nitrogens is 1. The van der Waals surface area contributed by atoms with E-state index in [9.17, 15) is 5.21 Å². The van der Waals surface area contributed by atoms with Crippen molar-refractivity contribution in [1.29, 1.82) is 0 Å². The van der Waals surface area contributed by atoms with Gasteiger partial charge in [-0.05, 0) is 24.4 Å². The van der Waals surface area contributed by atoms with E-state index in [1.165, 1.54) is 0 Å². The van der Waals surface area contributed by atoms with Gasteiger partial charge in [-0.15, -0.1) is 0 Å². The van der Waals surface area contributed by atoms with Crippen LogP contribution in [0.3, 0.4) is 0 Å². The molecule has 0 aliphatic carbocycles. The number of piperazine rings is 1. The molecule has 0 saturated carbocycles. The Morgan fingerprint density at radius 2 is 2.00 bits per heavy atom. The maximum Gasteiger partial charge on any atom is 0.200 e. The van der Waals surface area contributed by atoms with Crippen molar-refractivity contribution < 1.29 is 9.06 Å².